The van der Waals surface area contributed by atoms with Gasteiger partial charge in [-0.05, 0) is 73.5 Å². The molecule has 0 radical (unpaired) electrons. The Bertz CT molecular complexity index is 1190. The number of ketones is 1. The minimum absolute atomic E-state index is 0.0429. The van der Waals surface area contributed by atoms with Crippen molar-refractivity contribution < 1.29 is 24.2 Å². The number of Topliss-reactive ketones (excluding diaryl/α,β-unsaturated/α-hetero) is 1. The van der Waals surface area contributed by atoms with E-state index in [0.29, 0.717) is 17.7 Å². The topological polar surface area (TPSA) is 167 Å². The Morgan fingerprint density at radius 3 is 2.68 bits per heavy atom. The summed E-state index contributed by atoms with van der Waals surface area (Å²) in [5, 5.41) is 15.9. The maximum absolute atomic E-state index is 12.5. The predicted octanol–water partition coefficient (Wildman–Crippen LogP) is 5.10. The summed E-state index contributed by atoms with van der Waals surface area (Å²) in [4.78, 5) is 39.8. The molecular weight excluding hydrogens is 474 g/mol. The first-order chi connectivity index (χ1) is 17.9. The highest BCUT2D eigenvalue weighted by Crippen LogP contribution is 2.24. The van der Waals surface area contributed by atoms with Crippen molar-refractivity contribution in [3.8, 4) is 11.5 Å². The average Bonchev–Trinajstić information content (AvgIpc) is 2.87. The first-order valence-electron chi connectivity index (χ1n) is 12.3. The first kappa shape index (κ1) is 27.4. The molecule has 0 fully saturated rings. The molecule has 0 unspecified atom stereocenters. The van der Waals surface area contributed by atoms with Gasteiger partial charge in [-0.15, -0.1) is 0 Å². The molecule has 1 aliphatic carbocycles. The lowest BCUT2D eigenvalue weighted by molar-refractivity contribution is -0.135. The lowest BCUT2D eigenvalue weighted by atomic mass is 9.88. The number of rotatable bonds is 10. The number of esters is 1. The molecule has 1 aliphatic rings. The molecule has 1 amide bonds. The Morgan fingerprint density at radius 2 is 1.95 bits per heavy atom. The van der Waals surface area contributed by atoms with Crippen LogP contribution in [0.4, 0.5) is 5.69 Å². The number of aromatic hydroxyl groups is 1. The fourth-order valence-electron chi connectivity index (χ4n) is 4.12. The second kappa shape index (κ2) is 13.8. The number of nitrogens with one attached hydrogen (secondary N) is 1. The maximum atomic E-state index is 12.5. The Kier molecular flexibility index (Phi) is 10.3. The highest BCUT2D eigenvalue weighted by Gasteiger charge is 2.21. The van der Waals surface area contributed by atoms with E-state index in [-0.39, 0.29) is 60.1 Å². The second-order valence-corrected chi connectivity index (χ2v) is 8.93. The van der Waals surface area contributed by atoms with E-state index in [4.69, 9.17) is 16.0 Å². The average molecular weight is 506 g/mol. The predicted molar refractivity (Wildman–Crippen MR) is 139 cm³/mol. The standard InChI is InChI=1S/C27H31N5O5/c28-23-7-4-2-1-3-6-19(23)16-26(35)37-21-12-9-18(10-13-21)24(33)8-5-15-30-27(36)22-14-11-20(31-32-29)17-25(22)34/h4,7,9-14,17,19,23,34H,1-3,5-6,8,15-16,28H2,(H,30,36)/b7-4+/t19-,23+/m0/s1. The summed E-state index contributed by atoms with van der Waals surface area (Å²) in [6.45, 7) is 0.232. The smallest absolute Gasteiger partial charge is 0.311 e. The minimum Gasteiger partial charge on any atom is -0.507 e. The number of carbonyl (C=O) groups excluding carboxylic acids is 3. The SMILES string of the molecule is [N-]=[N+]=Nc1ccc(C(=O)NCCCC(=O)c2ccc(OC(=O)C[C@@H]3CCCC/C=C/[C@H]3N)cc2)c(O)c1. The van der Waals surface area contributed by atoms with Crippen molar-refractivity contribution in [2.45, 2.75) is 51.0 Å². The molecule has 0 aromatic heterocycles. The summed E-state index contributed by atoms with van der Waals surface area (Å²) in [7, 11) is 0. The first-order valence-corrected chi connectivity index (χ1v) is 12.3. The third-order valence-corrected chi connectivity index (χ3v) is 6.19. The van der Waals surface area contributed by atoms with Gasteiger partial charge in [-0.2, -0.15) is 0 Å². The van der Waals surface area contributed by atoms with Crippen molar-refractivity contribution in [1.82, 2.24) is 5.32 Å². The number of hydrogen-bond donors (Lipinski definition) is 3. The molecule has 10 heteroatoms. The molecule has 0 saturated carbocycles. The van der Waals surface area contributed by atoms with Crippen LogP contribution in [0.5, 0.6) is 11.5 Å². The van der Waals surface area contributed by atoms with E-state index in [1.807, 2.05) is 6.08 Å². The quantitative estimate of drug-likeness (QED) is 0.0593. The summed E-state index contributed by atoms with van der Waals surface area (Å²) in [5.41, 5.74) is 15.3. The third-order valence-electron chi connectivity index (χ3n) is 6.19. The van der Waals surface area contributed by atoms with Gasteiger partial charge in [-0.3, -0.25) is 14.4 Å². The third kappa shape index (κ3) is 8.49. The molecule has 0 aliphatic heterocycles. The molecule has 2 atom stereocenters. The largest absolute Gasteiger partial charge is 0.507 e. The molecule has 37 heavy (non-hydrogen) atoms. The number of ether oxygens (including phenoxy) is 1. The molecule has 4 N–H and O–H groups in total. The fourth-order valence-corrected chi connectivity index (χ4v) is 4.12. The monoisotopic (exact) mass is 505 g/mol. The second-order valence-electron chi connectivity index (χ2n) is 8.93. The van der Waals surface area contributed by atoms with Crippen LogP contribution in [0, 0.1) is 5.92 Å². The van der Waals surface area contributed by atoms with Crippen molar-refractivity contribution >= 4 is 23.3 Å². The highest BCUT2D eigenvalue weighted by molar-refractivity contribution is 5.97. The molecule has 0 bridgehead atoms. The fraction of sp³-hybridized carbons (Fsp3) is 0.370. The summed E-state index contributed by atoms with van der Waals surface area (Å²) < 4.78 is 5.45. The number of nitrogens with two attached hydrogens (primary N) is 1. The van der Waals surface area contributed by atoms with Crippen molar-refractivity contribution in [3.05, 3.63) is 76.2 Å². The van der Waals surface area contributed by atoms with Crippen LogP contribution in [-0.2, 0) is 4.79 Å². The number of carbonyl (C=O) groups is 3. The zero-order valence-corrected chi connectivity index (χ0v) is 20.5. The van der Waals surface area contributed by atoms with Crippen LogP contribution in [0.25, 0.3) is 10.4 Å². The molecule has 0 saturated heterocycles. The van der Waals surface area contributed by atoms with Crippen LogP contribution in [0.1, 0.15) is 65.7 Å². The maximum Gasteiger partial charge on any atom is 0.311 e. The van der Waals surface area contributed by atoms with Crippen LogP contribution in [-0.4, -0.2) is 35.4 Å². The number of azide groups is 1. The van der Waals surface area contributed by atoms with Gasteiger partial charge in [0.2, 0.25) is 0 Å². The van der Waals surface area contributed by atoms with Crippen LogP contribution >= 0.6 is 0 Å². The molecule has 2 aromatic rings. The van der Waals surface area contributed by atoms with Gasteiger partial charge in [0.1, 0.15) is 11.5 Å². The number of amides is 1. The molecule has 10 nitrogen and oxygen atoms in total. The Morgan fingerprint density at radius 1 is 1.16 bits per heavy atom. The van der Waals surface area contributed by atoms with E-state index in [2.05, 4.69) is 21.4 Å². The Balaban J connectivity index is 1.42. The van der Waals surface area contributed by atoms with E-state index in [0.717, 1.165) is 25.7 Å². The van der Waals surface area contributed by atoms with Crippen molar-refractivity contribution in [2.75, 3.05) is 6.54 Å². The van der Waals surface area contributed by atoms with Crippen molar-refractivity contribution in [1.29, 1.82) is 0 Å². The van der Waals surface area contributed by atoms with Gasteiger partial charge in [0.15, 0.2) is 5.78 Å². The zero-order valence-electron chi connectivity index (χ0n) is 20.5. The molecule has 194 valence electrons. The number of benzene rings is 2. The van der Waals surface area contributed by atoms with Gasteiger partial charge >= 0.3 is 5.97 Å². The van der Waals surface area contributed by atoms with Gasteiger partial charge < -0.3 is 20.9 Å². The molecule has 0 heterocycles. The van der Waals surface area contributed by atoms with Crippen LogP contribution in [0.15, 0.2) is 59.7 Å². The molecule has 2 aromatic carbocycles. The van der Waals surface area contributed by atoms with E-state index in [1.165, 1.54) is 18.2 Å². The van der Waals surface area contributed by atoms with Crippen LogP contribution in [0.2, 0.25) is 0 Å². The summed E-state index contributed by atoms with van der Waals surface area (Å²) >= 11 is 0. The van der Waals surface area contributed by atoms with Crippen LogP contribution in [0.3, 0.4) is 0 Å². The number of allylic oxidation sites excluding steroid dienone is 1. The van der Waals surface area contributed by atoms with Crippen molar-refractivity contribution in [3.63, 3.8) is 0 Å². The number of nitrogens with zero attached hydrogens (tertiary/aromatic N) is 3. The van der Waals surface area contributed by atoms with Gasteiger partial charge in [-0.25, -0.2) is 0 Å². The molecule has 0 spiro atoms. The normalized spacial score (nSPS) is 18.0. The van der Waals surface area contributed by atoms with E-state index in [9.17, 15) is 19.5 Å². The lowest BCUT2D eigenvalue weighted by Gasteiger charge is -2.22. The Hall–Kier alpha value is -4.14. The van der Waals surface area contributed by atoms with Gasteiger partial charge in [0, 0.05) is 35.2 Å². The highest BCUT2D eigenvalue weighted by atomic mass is 16.5. The van der Waals surface area contributed by atoms with Gasteiger partial charge in [0.05, 0.1) is 12.0 Å². The summed E-state index contributed by atoms with van der Waals surface area (Å²) in [6.07, 6.45) is 8.92. The number of hydrogen-bond acceptors (Lipinski definition) is 7. The van der Waals surface area contributed by atoms with Crippen LogP contribution < -0.4 is 15.8 Å². The number of phenolic OH excluding ortho intramolecular Hbond substituents is 1. The van der Waals surface area contributed by atoms with Crippen molar-refractivity contribution in [2.24, 2.45) is 16.8 Å². The minimum atomic E-state index is -0.500. The van der Waals surface area contributed by atoms with Gasteiger partial charge in [0.25, 0.3) is 5.91 Å². The Labute approximate surface area is 215 Å². The van der Waals surface area contributed by atoms with E-state index in [1.54, 1.807) is 24.3 Å². The number of phenols is 1. The summed E-state index contributed by atoms with van der Waals surface area (Å²) in [6, 6.07) is 10.2. The zero-order chi connectivity index (χ0) is 26.6. The van der Waals surface area contributed by atoms with E-state index < -0.39 is 5.91 Å². The van der Waals surface area contributed by atoms with Gasteiger partial charge in [-0.1, -0.05) is 29.8 Å². The molecular formula is C27H31N5O5. The van der Waals surface area contributed by atoms with E-state index >= 15 is 0 Å². The molecule has 3 rings (SSSR count). The lowest BCUT2D eigenvalue weighted by Crippen LogP contribution is -2.31. The summed E-state index contributed by atoms with van der Waals surface area (Å²) in [5.74, 6) is -0.839.